The molecule has 0 amide bonds. The summed E-state index contributed by atoms with van der Waals surface area (Å²) in [5.74, 6) is 0.477. The van der Waals surface area contributed by atoms with E-state index in [1.807, 2.05) is 37.1 Å². The molecule has 0 N–H and O–H groups in total. The Morgan fingerprint density at radius 3 is 2.59 bits per heavy atom. The van der Waals surface area contributed by atoms with Crippen LogP contribution in [0.1, 0.15) is 30.9 Å². The first-order valence-electron chi connectivity index (χ1n) is 8.78. The zero-order valence-electron chi connectivity index (χ0n) is 16.0. The average Bonchev–Trinajstić information content (AvgIpc) is 3.14. The predicted octanol–water partition coefficient (Wildman–Crippen LogP) is 4.03. The van der Waals surface area contributed by atoms with Crippen molar-refractivity contribution in [1.82, 2.24) is 0 Å². The van der Waals surface area contributed by atoms with Gasteiger partial charge in [-0.2, -0.15) is 0 Å². The molecule has 5 heteroatoms. The van der Waals surface area contributed by atoms with E-state index < -0.39 is 5.97 Å². The lowest BCUT2D eigenvalue weighted by molar-refractivity contribution is -0.141. The molecular weight excluding hydrogens is 342 g/mol. The molecule has 1 aromatic heterocycles. The van der Waals surface area contributed by atoms with E-state index in [1.165, 1.54) is 17.7 Å². The second-order valence-corrected chi connectivity index (χ2v) is 7.09. The third-order valence-corrected chi connectivity index (χ3v) is 4.74. The van der Waals surface area contributed by atoms with Crippen LogP contribution in [0.5, 0.6) is 0 Å². The molecule has 27 heavy (non-hydrogen) atoms. The molecule has 0 saturated heterocycles. The van der Waals surface area contributed by atoms with Gasteiger partial charge in [0.2, 0.25) is 0 Å². The van der Waals surface area contributed by atoms with Gasteiger partial charge in [0.1, 0.15) is 11.5 Å². The monoisotopic (exact) mass is 365 g/mol. The molecule has 140 valence electrons. The number of esters is 1. The van der Waals surface area contributed by atoms with Gasteiger partial charge in [-0.25, -0.2) is 4.79 Å². The number of rotatable bonds is 5. The summed E-state index contributed by atoms with van der Waals surface area (Å²) in [6.45, 7) is 5.68. The molecular formula is C22H23NO4. The number of ketones is 1. The van der Waals surface area contributed by atoms with E-state index in [0.29, 0.717) is 5.76 Å². The normalized spacial score (nSPS) is 16.7. The van der Waals surface area contributed by atoms with Gasteiger partial charge in [0.05, 0.1) is 0 Å². The quantitative estimate of drug-likeness (QED) is 0.591. The number of carbonyl (C=O) groups excluding carboxylic acids is 2. The predicted molar refractivity (Wildman–Crippen MR) is 104 cm³/mol. The highest BCUT2D eigenvalue weighted by Crippen LogP contribution is 2.46. The fourth-order valence-electron chi connectivity index (χ4n) is 3.34. The van der Waals surface area contributed by atoms with Gasteiger partial charge < -0.3 is 14.1 Å². The highest BCUT2D eigenvalue weighted by molar-refractivity contribution is 5.95. The van der Waals surface area contributed by atoms with E-state index in [-0.39, 0.29) is 17.8 Å². The summed E-state index contributed by atoms with van der Waals surface area (Å²) in [6.07, 6.45) is 4.33. The van der Waals surface area contributed by atoms with Crippen molar-refractivity contribution in [2.24, 2.45) is 0 Å². The number of nitrogens with zero attached hydrogens (tertiary/aromatic N) is 1. The van der Waals surface area contributed by atoms with Gasteiger partial charge in [0.25, 0.3) is 0 Å². The maximum Gasteiger partial charge on any atom is 0.331 e. The molecule has 1 aromatic carbocycles. The van der Waals surface area contributed by atoms with E-state index in [9.17, 15) is 9.59 Å². The Morgan fingerprint density at radius 1 is 1.19 bits per heavy atom. The van der Waals surface area contributed by atoms with Crippen LogP contribution < -0.4 is 4.90 Å². The molecule has 1 aliphatic rings. The van der Waals surface area contributed by atoms with Crippen molar-refractivity contribution >= 4 is 23.5 Å². The molecule has 0 aliphatic carbocycles. The minimum atomic E-state index is -0.585. The number of likely N-dealkylation sites (N-methyl/N-ethyl adjacent to an activating group) is 1. The number of anilines is 1. The summed E-state index contributed by atoms with van der Waals surface area (Å²) < 4.78 is 10.4. The minimum absolute atomic E-state index is 0.256. The maximum atomic E-state index is 12.3. The van der Waals surface area contributed by atoms with Crippen molar-refractivity contribution in [3.05, 3.63) is 71.3 Å². The lowest BCUT2D eigenvalue weighted by Crippen LogP contribution is -2.25. The minimum Gasteiger partial charge on any atom is -0.462 e. The first-order chi connectivity index (χ1) is 12.8. The fraction of sp³-hybridized carbons (Fsp3) is 0.273. The van der Waals surface area contributed by atoms with Crippen molar-refractivity contribution in [2.75, 3.05) is 18.6 Å². The number of benzene rings is 1. The largest absolute Gasteiger partial charge is 0.462 e. The number of aryl methyl sites for hydroxylation is 1. The number of carbonyl (C=O) groups is 2. The van der Waals surface area contributed by atoms with Gasteiger partial charge in [0.15, 0.2) is 12.4 Å². The number of hydrogen-bond acceptors (Lipinski definition) is 5. The Morgan fingerprint density at radius 2 is 1.93 bits per heavy atom. The molecule has 0 saturated carbocycles. The Bertz CT molecular complexity index is 933. The van der Waals surface area contributed by atoms with Crippen molar-refractivity contribution < 1.29 is 18.7 Å². The molecule has 3 rings (SSSR count). The van der Waals surface area contributed by atoms with E-state index in [1.54, 1.807) is 18.2 Å². The molecule has 2 aromatic rings. The van der Waals surface area contributed by atoms with Gasteiger partial charge in [-0.3, -0.25) is 4.79 Å². The zero-order chi connectivity index (χ0) is 19.6. The molecule has 0 fully saturated rings. The molecule has 0 unspecified atom stereocenters. The molecule has 0 spiro atoms. The SMILES string of the molecule is Cc1ccc(/C=C/C(=O)OCC(=O)C=C2N(C)c3ccccc3C2(C)C)o1. The van der Waals surface area contributed by atoms with Crippen LogP contribution in [0.3, 0.4) is 0 Å². The lowest BCUT2D eigenvalue weighted by Gasteiger charge is -2.23. The third kappa shape index (κ3) is 3.87. The number of para-hydroxylation sites is 1. The summed E-state index contributed by atoms with van der Waals surface area (Å²) >= 11 is 0. The van der Waals surface area contributed by atoms with Crippen LogP contribution in [-0.2, 0) is 19.7 Å². The highest BCUT2D eigenvalue weighted by atomic mass is 16.5. The van der Waals surface area contributed by atoms with Crippen LogP contribution in [0.15, 0.2) is 58.7 Å². The third-order valence-electron chi connectivity index (χ3n) is 4.74. The van der Waals surface area contributed by atoms with Gasteiger partial charge in [-0.15, -0.1) is 0 Å². The van der Waals surface area contributed by atoms with Gasteiger partial charge in [-0.1, -0.05) is 32.0 Å². The van der Waals surface area contributed by atoms with Gasteiger partial charge in [-0.05, 0) is 36.8 Å². The Hall–Kier alpha value is -3.08. The number of hydrogen-bond donors (Lipinski definition) is 0. The summed E-state index contributed by atoms with van der Waals surface area (Å²) in [4.78, 5) is 26.2. The van der Waals surface area contributed by atoms with Crippen molar-refractivity contribution in [3.8, 4) is 0 Å². The first kappa shape index (κ1) is 18.7. The topological polar surface area (TPSA) is 59.8 Å². The molecule has 5 nitrogen and oxygen atoms in total. The van der Waals surface area contributed by atoms with Crippen molar-refractivity contribution in [1.29, 1.82) is 0 Å². The highest BCUT2D eigenvalue weighted by Gasteiger charge is 2.38. The smallest absolute Gasteiger partial charge is 0.331 e. The van der Waals surface area contributed by atoms with Crippen LogP contribution in [0, 0.1) is 6.92 Å². The van der Waals surface area contributed by atoms with Gasteiger partial charge in [0, 0.05) is 36.0 Å². The summed E-state index contributed by atoms with van der Waals surface area (Å²) in [6, 6.07) is 11.6. The molecule has 1 aliphatic heterocycles. The Balaban J connectivity index is 1.63. The lowest BCUT2D eigenvalue weighted by atomic mass is 9.83. The zero-order valence-corrected chi connectivity index (χ0v) is 16.0. The second kappa shape index (κ2) is 7.27. The fourth-order valence-corrected chi connectivity index (χ4v) is 3.34. The van der Waals surface area contributed by atoms with E-state index in [2.05, 4.69) is 19.9 Å². The van der Waals surface area contributed by atoms with Crippen LogP contribution in [0.4, 0.5) is 5.69 Å². The standard InChI is InChI=1S/C22H23NO4/c1-15-9-10-17(27-15)11-12-21(25)26-14-16(24)13-20-22(2,3)18-7-5-6-8-19(18)23(20)4/h5-13H,14H2,1-4H3/b12-11+,20-13?. The number of ether oxygens (including phenoxy) is 1. The molecule has 0 atom stereocenters. The number of fused-ring (bicyclic) bond motifs is 1. The maximum absolute atomic E-state index is 12.3. The summed E-state index contributed by atoms with van der Waals surface area (Å²) in [7, 11) is 1.94. The summed E-state index contributed by atoms with van der Waals surface area (Å²) in [5.41, 5.74) is 2.84. The second-order valence-electron chi connectivity index (χ2n) is 7.09. The van der Waals surface area contributed by atoms with E-state index in [0.717, 1.165) is 17.1 Å². The molecule has 0 radical (unpaired) electrons. The van der Waals surface area contributed by atoms with Gasteiger partial charge >= 0.3 is 5.97 Å². The van der Waals surface area contributed by atoms with Crippen LogP contribution in [-0.4, -0.2) is 25.4 Å². The van der Waals surface area contributed by atoms with Crippen LogP contribution >= 0.6 is 0 Å². The Labute approximate surface area is 158 Å². The van der Waals surface area contributed by atoms with E-state index >= 15 is 0 Å². The van der Waals surface area contributed by atoms with Crippen molar-refractivity contribution in [2.45, 2.75) is 26.2 Å². The number of allylic oxidation sites excluding steroid dienone is 1. The Kier molecular flexibility index (Phi) is 5.04. The molecule has 2 heterocycles. The average molecular weight is 365 g/mol. The first-order valence-corrected chi connectivity index (χ1v) is 8.78. The number of furan rings is 1. The summed E-state index contributed by atoms with van der Waals surface area (Å²) in [5, 5.41) is 0. The van der Waals surface area contributed by atoms with Crippen molar-refractivity contribution in [3.63, 3.8) is 0 Å². The molecule has 0 bridgehead atoms. The van der Waals surface area contributed by atoms with Crippen LogP contribution in [0.2, 0.25) is 0 Å². The van der Waals surface area contributed by atoms with E-state index in [4.69, 9.17) is 9.15 Å². The van der Waals surface area contributed by atoms with Crippen LogP contribution in [0.25, 0.3) is 6.08 Å².